The van der Waals surface area contributed by atoms with Crippen molar-refractivity contribution in [3.63, 3.8) is 0 Å². The summed E-state index contributed by atoms with van der Waals surface area (Å²) in [7, 11) is 1.52. The summed E-state index contributed by atoms with van der Waals surface area (Å²) in [5.74, 6) is 0.377. The van der Waals surface area contributed by atoms with Gasteiger partial charge in [0.05, 0.1) is 18.7 Å². The van der Waals surface area contributed by atoms with Gasteiger partial charge >= 0.3 is 0 Å². The number of nitrogens with one attached hydrogen (secondary N) is 1. The molecule has 0 aliphatic carbocycles. The van der Waals surface area contributed by atoms with Crippen molar-refractivity contribution in [3.05, 3.63) is 57.6 Å². The first-order valence-electron chi connectivity index (χ1n) is 10.7. The van der Waals surface area contributed by atoms with E-state index in [-0.39, 0.29) is 5.57 Å². The zero-order valence-corrected chi connectivity index (χ0v) is 19.9. The van der Waals surface area contributed by atoms with E-state index in [2.05, 4.69) is 12.2 Å². The second-order valence-electron chi connectivity index (χ2n) is 7.28. The van der Waals surface area contributed by atoms with Crippen molar-refractivity contribution in [1.82, 2.24) is 0 Å². The number of ether oxygens (including phenoxy) is 2. The molecule has 0 fully saturated rings. The van der Waals surface area contributed by atoms with E-state index in [0.29, 0.717) is 39.4 Å². The van der Waals surface area contributed by atoms with E-state index in [1.165, 1.54) is 38.9 Å². The topological polar surface area (TPSA) is 71.3 Å². The van der Waals surface area contributed by atoms with Gasteiger partial charge in [-0.1, -0.05) is 62.2 Å². The molecule has 170 valence electrons. The number of carbonyl (C=O) groups is 1. The number of rotatable bonds is 12. The highest BCUT2D eigenvalue weighted by Crippen LogP contribution is 2.37. The average Bonchev–Trinajstić information content (AvgIpc) is 2.79. The first kappa shape index (κ1) is 25.6. The Hall–Kier alpha value is -2.68. The SMILES string of the molecule is CCCCCCCCOc1c(Cl)cc(/C=C(/C#N)C(=O)Nc2ccc(Cl)cc2)cc1OC. The molecule has 1 amide bonds. The molecule has 2 aromatic rings. The summed E-state index contributed by atoms with van der Waals surface area (Å²) in [5, 5.41) is 13.0. The van der Waals surface area contributed by atoms with E-state index in [1.807, 2.05) is 6.07 Å². The maximum atomic E-state index is 12.5. The summed E-state index contributed by atoms with van der Waals surface area (Å²) in [6.45, 7) is 2.74. The Morgan fingerprint density at radius 3 is 2.44 bits per heavy atom. The van der Waals surface area contributed by atoms with Crippen LogP contribution in [0.4, 0.5) is 5.69 Å². The highest BCUT2D eigenvalue weighted by atomic mass is 35.5. The lowest BCUT2D eigenvalue weighted by molar-refractivity contribution is -0.112. The van der Waals surface area contributed by atoms with Crippen LogP contribution in [0.2, 0.25) is 10.0 Å². The molecule has 0 bridgehead atoms. The minimum absolute atomic E-state index is 0.0705. The summed E-state index contributed by atoms with van der Waals surface area (Å²) in [4.78, 5) is 12.5. The number of halogens is 2. The number of nitrogens with zero attached hydrogens (tertiary/aromatic N) is 1. The Balaban J connectivity index is 2.07. The normalized spacial score (nSPS) is 11.0. The number of methoxy groups -OCH3 is 1. The second-order valence-corrected chi connectivity index (χ2v) is 8.12. The van der Waals surface area contributed by atoms with Gasteiger partial charge in [0.1, 0.15) is 11.6 Å². The number of unbranched alkanes of at least 4 members (excludes halogenated alkanes) is 5. The molecule has 0 spiro atoms. The number of hydrogen-bond donors (Lipinski definition) is 1. The van der Waals surface area contributed by atoms with Crippen LogP contribution in [-0.2, 0) is 4.79 Å². The van der Waals surface area contributed by atoms with Gasteiger partial charge in [-0.05, 0) is 54.5 Å². The Kier molecular flexibility index (Phi) is 10.9. The van der Waals surface area contributed by atoms with Gasteiger partial charge in [0.15, 0.2) is 11.5 Å². The number of hydrogen-bond acceptors (Lipinski definition) is 4. The van der Waals surface area contributed by atoms with E-state index in [4.69, 9.17) is 32.7 Å². The molecule has 1 N–H and O–H groups in total. The van der Waals surface area contributed by atoms with E-state index in [1.54, 1.807) is 36.4 Å². The number of benzene rings is 2. The summed E-state index contributed by atoms with van der Waals surface area (Å²) in [6, 6.07) is 11.9. The van der Waals surface area contributed by atoms with E-state index in [9.17, 15) is 10.1 Å². The molecule has 2 aromatic carbocycles. The Morgan fingerprint density at radius 1 is 1.09 bits per heavy atom. The molecule has 0 heterocycles. The van der Waals surface area contributed by atoms with Crippen LogP contribution in [0.3, 0.4) is 0 Å². The van der Waals surface area contributed by atoms with E-state index >= 15 is 0 Å². The monoisotopic (exact) mass is 474 g/mol. The van der Waals surface area contributed by atoms with Gasteiger partial charge in [-0.15, -0.1) is 0 Å². The molecule has 0 radical (unpaired) electrons. The predicted octanol–water partition coefficient (Wildman–Crippen LogP) is 7.29. The highest BCUT2D eigenvalue weighted by Gasteiger charge is 2.14. The third-order valence-electron chi connectivity index (χ3n) is 4.77. The molecule has 5 nitrogen and oxygen atoms in total. The van der Waals surface area contributed by atoms with Gasteiger partial charge in [-0.25, -0.2) is 0 Å². The fourth-order valence-corrected chi connectivity index (χ4v) is 3.47. The summed E-state index contributed by atoms with van der Waals surface area (Å²) >= 11 is 12.3. The van der Waals surface area contributed by atoms with E-state index < -0.39 is 5.91 Å². The maximum Gasteiger partial charge on any atom is 0.266 e. The second kappa shape index (κ2) is 13.7. The molecule has 0 aromatic heterocycles. The molecule has 0 unspecified atom stereocenters. The summed E-state index contributed by atoms with van der Waals surface area (Å²) < 4.78 is 11.3. The zero-order valence-electron chi connectivity index (χ0n) is 18.4. The maximum absolute atomic E-state index is 12.5. The predicted molar refractivity (Wildman–Crippen MR) is 131 cm³/mol. The molecule has 0 aliphatic rings. The quantitative estimate of drug-likeness (QED) is 0.199. The van der Waals surface area contributed by atoms with Crippen molar-refractivity contribution in [2.45, 2.75) is 45.4 Å². The smallest absolute Gasteiger partial charge is 0.266 e. The van der Waals surface area contributed by atoms with Crippen molar-refractivity contribution < 1.29 is 14.3 Å². The molecular formula is C25H28Cl2N2O3. The van der Waals surface area contributed by atoms with Crippen LogP contribution in [0.15, 0.2) is 42.0 Å². The van der Waals surface area contributed by atoms with Crippen molar-refractivity contribution in [2.24, 2.45) is 0 Å². The Labute approximate surface area is 199 Å². The Bertz CT molecular complexity index is 966. The van der Waals surface area contributed by atoms with E-state index in [0.717, 1.165) is 12.8 Å². The molecular weight excluding hydrogens is 447 g/mol. The minimum Gasteiger partial charge on any atom is -0.493 e. The van der Waals surface area contributed by atoms with Crippen LogP contribution in [0.5, 0.6) is 11.5 Å². The number of carbonyl (C=O) groups excluding carboxylic acids is 1. The fourth-order valence-electron chi connectivity index (χ4n) is 3.07. The standard InChI is InChI=1S/C25H28Cl2N2O3/c1-3-4-5-6-7-8-13-32-24-22(27)15-18(16-23(24)31-2)14-19(17-28)25(30)29-21-11-9-20(26)10-12-21/h9-12,14-16H,3-8,13H2,1-2H3,(H,29,30)/b19-14-. The van der Waals surface area contributed by atoms with Gasteiger partial charge in [-0.2, -0.15) is 5.26 Å². The highest BCUT2D eigenvalue weighted by molar-refractivity contribution is 6.32. The van der Waals surface area contributed by atoms with Crippen molar-refractivity contribution in [1.29, 1.82) is 5.26 Å². The Morgan fingerprint density at radius 2 is 1.78 bits per heavy atom. The van der Waals surface area contributed by atoms with Crippen molar-refractivity contribution in [3.8, 4) is 17.6 Å². The fraction of sp³-hybridized carbons (Fsp3) is 0.360. The summed E-state index contributed by atoms with van der Waals surface area (Å²) in [6.07, 6.45) is 8.42. The lowest BCUT2D eigenvalue weighted by Crippen LogP contribution is -2.13. The molecule has 0 aliphatic heterocycles. The zero-order chi connectivity index (χ0) is 23.3. The lowest BCUT2D eigenvalue weighted by atomic mass is 10.1. The van der Waals surface area contributed by atoms with Crippen LogP contribution >= 0.6 is 23.2 Å². The van der Waals surface area contributed by atoms with Crippen LogP contribution in [0.25, 0.3) is 6.08 Å². The molecule has 0 atom stereocenters. The van der Waals surface area contributed by atoms with Gasteiger partial charge in [0.25, 0.3) is 5.91 Å². The molecule has 2 rings (SSSR count). The number of anilines is 1. The largest absolute Gasteiger partial charge is 0.493 e. The van der Waals surface area contributed by atoms with Crippen LogP contribution in [-0.4, -0.2) is 19.6 Å². The van der Waals surface area contributed by atoms with Crippen LogP contribution in [0.1, 0.15) is 51.0 Å². The lowest BCUT2D eigenvalue weighted by Gasteiger charge is -2.13. The van der Waals surface area contributed by atoms with Crippen molar-refractivity contribution in [2.75, 3.05) is 19.0 Å². The molecule has 0 saturated carbocycles. The summed E-state index contributed by atoms with van der Waals surface area (Å²) in [5.41, 5.74) is 1.02. The van der Waals surface area contributed by atoms with Gasteiger partial charge < -0.3 is 14.8 Å². The number of nitriles is 1. The van der Waals surface area contributed by atoms with Gasteiger partial charge in [0, 0.05) is 10.7 Å². The first-order valence-corrected chi connectivity index (χ1v) is 11.4. The van der Waals surface area contributed by atoms with Gasteiger partial charge in [-0.3, -0.25) is 4.79 Å². The minimum atomic E-state index is -0.534. The third kappa shape index (κ3) is 8.11. The third-order valence-corrected chi connectivity index (χ3v) is 5.31. The first-order chi connectivity index (χ1) is 15.5. The van der Waals surface area contributed by atoms with Gasteiger partial charge in [0.2, 0.25) is 0 Å². The molecule has 0 saturated heterocycles. The van der Waals surface area contributed by atoms with Crippen LogP contribution in [0, 0.1) is 11.3 Å². The van der Waals surface area contributed by atoms with Crippen LogP contribution < -0.4 is 14.8 Å². The van der Waals surface area contributed by atoms with Crippen molar-refractivity contribution >= 4 is 40.9 Å². The number of amides is 1. The average molecular weight is 475 g/mol. The molecule has 32 heavy (non-hydrogen) atoms. The molecule has 7 heteroatoms.